The highest BCUT2D eigenvalue weighted by Gasteiger charge is 2.65. The maximum absolute atomic E-state index is 13.0. The maximum atomic E-state index is 13.0. The number of benzene rings is 1. The third-order valence-corrected chi connectivity index (χ3v) is 4.89. The highest BCUT2D eigenvalue weighted by Crippen LogP contribution is 3.02. The minimum absolute atomic E-state index is 0.0163. The van der Waals surface area contributed by atoms with E-state index < -0.39 is 20.9 Å². The Balaban J connectivity index is 2.61. The first-order valence-corrected chi connectivity index (χ1v) is 9.21. The van der Waals surface area contributed by atoms with Gasteiger partial charge < -0.3 is 4.90 Å². The highest BCUT2D eigenvalue weighted by atomic mass is 79.9. The Kier molecular flexibility index (Phi) is 3.61. The molecule has 21 heavy (non-hydrogen) atoms. The number of carbonyl (C=O) groups excluding carboxylic acids is 1. The van der Waals surface area contributed by atoms with Crippen LogP contribution in [0.4, 0.5) is 25.1 Å². The van der Waals surface area contributed by atoms with Gasteiger partial charge in [0.15, 0.2) is 5.78 Å². The number of nitrogens with zero attached hydrogens (tertiary/aromatic N) is 1. The van der Waals surface area contributed by atoms with E-state index in [1.165, 1.54) is 6.07 Å². The summed E-state index contributed by atoms with van der Waals surface area (Å²) in [5.74, 6) is -0.667. The number of Topliss-reactive ketones (excluding diaryl/α,β-unsaturated/α-hetero) is 1. The molecule has 1 heterocycles. The van der Waals surface area contributed by atoms with Crippen molar-refractivity contribution >= 4 is 37.6 Å². The number of ketones is 1. The summed E-state index contributed by atoms with van der Waals surface area (Å²) in [7, 11) is -9.81. The Morgan fingerprint density at radius 3 is 2.14 bits per heavy atom. The van der Waals surface area contributed by atoms with E-state index in [1.54, 1.807) is 4.90 Å². The highest BCUT2D eigenvalue weighted by molar-refractivity contribution is 9.09. The molecule has 1 aliphatic rings. The molecule has 1 aromatic rings. The van der Waals surface area contributed by atoms with Crippen LogP contribution in [0.3, 0.4) is 0 Å². The average molecular weight is 394 g/mol. The first-order valence-electron chi connectivity index (χ1n) is 6.14. The Bertz CT molecular complexity index is 583. The van der Waals surface area contributed by atoms with Gasteiger partial charge in [0.25, 0.3) is 0 Å². The second-order valence-corrected chi connectivity index (χ2v) is 7.91. The first-order chi connectivity index (χ1) is 9.40. The van der Waals surface area contributed by atoms with Crippen molar-refractivity contribution in [3.05, 3.63) is 23.8 Å². The molecule has 0 bridgehead atoms. The van der Waals surface area contributed by atoms with Crippen LogP contribution < -0.4 is 4.90 Å². The van der Waals surface area contributed by atoms with Gasteiger partial charge in [0.1, 0.15) is 4.90 Å². The quantitative estimate of drug-likeness (QED) is 0.381. The van der Waals surface area contributed by atoms with Gasteiger partial charge in [0, 0.05) is 24.3 Å². The first kappa shape index (κ1) is 16.5. The number of halogens is 6. The van der Waals surface area contributed by atoms with E-state index in [4.69, 9.17) is 0 Å². The molecule has 0 amide bonds. The topological polar surface area (TPSA) is 20.3 Å². The number of anilines is 1. The van der Waals surface area contributed by atoms with Gasteiger partial charge in [-0.2, -0.15) is 0 Å². The van der Waals surface area contributed by atoms with E-state index in [0.29, 0.717) is 19.2 Å². The molecule has 1 aliphatic heterocycles. The standard InChI is InChI=1S/C12H13BrF5NOS/c13-8-12(20)9-5-10(19-3-1-2-4-19)7-11(6-9)21(14,15,16,17)18/h5-7H,1-4,8H2. The van der Waals surface area contributed by atoms with Crippen molar-refractivity contribution in [1.82, 2.24) is 0 Å². The number of hydrogen-bond donors (Lipinski definition) is 0. The van der Waals surface area contributed by atoms with Gasteiger partial charge in [-0.3, -0.25) is 4.79 Å². The summed E-state index contributed by atoms with van der Waals surface area (Å²) in [6.07, 6.45) is 1.56. The van der Waals surface area contributed by atoms with Crippen LogP contribution in [0.25, 0.3) is 0 Å². The van der Waals surface area contributed by atoms with Crippen molar-refractivity contribution in [2.75, 3.05) is 23.3 Å². The molecule has 0 unspecified atom stereocenters. The van der Waals surface area contributed by atoms with Gasteiger partial charge >= 0.3 is 10.2 Å². The van der Waals surface area contributed by atoms with E-state index in [2.05, 4.69) is 15.9 Å². The van der Waals surface area contributed by atoms with Crippen LogP contribution in [0, 0.1) is 0 Å². The van der Waals surface area contributed by atoms with Crippen LogP contribution in [0.15, 0.2) is 23.1 Å². The number of rotatable bonds is 4. The monoisotopic (exact) mass is 393 g/mol. The van der Waals surface area contributed by atoms with E-state index in [9.17, 15) is 24.2 Å². The molecule has 2 rings (SSSR count). The van der Waals surface area contributed by atoms with Gasteiger partial charge in [-0.05, 0) is 31.0 Å². The molecule has 120 valence electrons. The molecule has 0 saturated carbocycles. The molecule has 0 aliphatic carbocycles. The van der Waals surface area contributed by atoms with Gasteiger partial charge in [0.05, 0.1) is 5.33 Å². The summed E-state index contributed by atoms with van der Waals surface area (Å²) in [6.45, 7) is 0.984. The van der Waals surface area contributed by atoms with Crippen molar-refractivity contribution in [3.63, 3.8) is 0 Å². The molecule has 0 atom stereocenters. The molecule has 9 heteroatoms. The molecule has 0 radical (unpaired) electrons. The minimum atomic E-state index is -9.81. The molecule has 1 fully saturated rings. The Labute approximate surface area is 127 Å². The number of hydrogen-bond acceptors (Lipinski definition) is 2. The zero-order valence-corrected chi connectivity index (χ0v) is 13.2. The van der Waals surface area contributed by atoms with Gasteiger partial charge in [0.2, 0.25) is 0 Å². The summed E-state index contributed by atoms with van der Waals surface area (Å²) in [5, 5.41) is -0.226. The molecule has 2 nitrogen and oxygen atoms in total. The van der Waals surface area contributed by atoms with Crippen LogP contribution in [-0.4, -0.2) is 24.2 Å². The zero-order valence-electron chi connectivity index (χ0n) is 10.8. The molecule has 1 aromatic carbocycles. The lowest BCUT2D eigenvalue weighted by molar-refractivity contribution is 0.102. The predicted octanol–water partition coefficient (Wildman–Crippen LogP) is 5.52. The van der Waals surface area contributed by atoms with Gasteiger partial charge in [-0.15, -0.1) is 0 Å². The van der Waals surface area contributed by atoms with Crippen molar-refractivity contribution in [3.8, 4) is 0 Å². The fourth-order valence-corrected chi connectivity index (χ4v) is 3.22. The molecular weight excluding hydrogens is 381 g/mol. The normalized spacial score (nSPS) is 19.2. The molecule has 1 saturated heterocycles. The van der Waals surface area contributed by atoms with E-state index in [-0.39, 0.29) is 22.6 Å². The van der Waals surface area contributed by atoms with Crippen molar-refractivity contribution in [2.24, 2.45) is 0 Å². The summed E-state index contributed by atoms with van der Waals surface area (Å²) < 4.78 is 65.1. The van der Waals surface area contributed by atoms with Crippen LogP contribution in [0.1, 0.15) is 23.2 Å². The van der Waals surface area contributed by atoms with Gasteiger partial charge in [-0.1, -0.05) is 35.4 Å². The summed E-state index contributed by atoms with van der Waals surface area (Å²) in [5.41, 5.74) is -0.345. The maximum Gasteiger partial charge on any atom is 0.310 e. The van der Waals surface area contributed by atoms with Crippen LogP contribution >= 0.6 is 26.2 Å². The third kappa shape index (κ3) is 3.88. The smallest absolute Gasteiger partial charge is 0.310 e. The van der Waals surface area contributed by atoms with Crippen molar-refractivity contribution in [2.45, 2.75) is 17.7 Å². The number of alkyl halides is 1. The van der Waals surface area contributed by atoms with Crippen molar-refractivity contribution < 1.29 is 24.2 Å². The van der Waals surface area contributed by atoms with Crippen molar-refractivity contribution in [1.29, 1.82) is 0 Å². The lowest BCUT2D eigenvalue weighted by Crippen LogP contribution is -2.19. The van der Waals surface area contributed by atoms with E-state index >= 15 is 0 Å². The Hall–Kier alpha value is -0.830. The lowest BCUT2D eigenvalue weighted by Gasteiger charge is -2.41. The molecular formula is C12H13BrF5NOS. The second kappa shape index (κ2) is 4.58. The van der Waals surface area contributed by atoms with Crippen LogP contribution in [0.5, 0.6) is 0 Å². The number of carbonyl (C=O) groups is 1. The fraction of sp³-hybridized carbons (Fsp3) is 0.417. The Morgan fingerprint density at radius 2 is 1.67 bits per heavy atom. The van der Waals surface area contributed by atoms with E-state index in [1.807, 2.05) is 0 Å². The second-order valence-electron chi connectivity index (χ2n) is 4.94. The molecule has 0 spiro atoms. The largest absolute Gasteiger partial charge is 0.371 e. The van der Waals surface area contributed by atoms with Gasteiger partial charge in [-0.25, -0.2) is 0 Å². The minimum Gasteiger partial charge on any atom is -0.371 e. The summed E-state index contributed by atoms with van der Waals surface area (Å²) in [4.78, 5) is 11.2. The third-order valence-electron chi connectivity index (χ3n) is 3.25. The fourth-order valence-electron chi connectivity index (χ4n) is 2.20. The van der Waals surface area contributed by atoms with Crippen LogP contribution in [0.2, 0.25) is 0 Å². The molecule has 0 N–H and O–H groups in total. The Morgan fingerprint density at radius 1 is 1.10 bits per heavy atom. The summed E-state index contributed by atoms with van der Waals surface area (Å²) in [6, 6.07) is 1.92. The summed E-state index contributed by atoms with van der Waals surface area (Å²) >= 11 is 2.84. The lowest BCUT2D eigenvalue weighted by atomic mass is 10.1. The van der Waals surface area contributed by atoms with Crippen LogP contribution in [-0.2, 0) is 0 Å². The average Bonchev–Trinajstić information content (AvgIpc) is 2.88. The SMILES string of the molecule is O=C(CBr)c1cc(N2CCCC2)cc(S(F)(F)(F)(F)F)c1. The predicted molar refractivity (Wildman–Crippen MR) is 77.4 cm³/mol. The van der Waals surface area contributed by atoms with E-state index in [0.717, 1.165) is 12.8 Å². The molecule has 0 aromatic heterocycles. The zero-order chi connectivity index (χ0) is 16.0.